The highest BCUT2D eigenvalue weighted by Crippen LogP contribution is 2.37. The largest absolute Gasteiger partial charge is 0.416 e. The Labute approximate surface area is 226 Å². The van der Waals surface area contributed by atoms with Crippen molar-refractivity contribution in [2.75, 3.05) is 18.4 Å². The number of amides is 2. The van der Waals surface area contributed by atoms with Crippen LogP contribution in [0.25, 0.3) is 11.3 Å². The minimum Gasteiger partial charge on any atom is -0.388 e. The van der Waals surface area contributed by atoms with Crippen molar-refractivity contribution in [1.29, 1.82) is 0 Å². The summed E-state index contributed by atoms with van der Waals surface area (Å²) in [6.07, 6.45) is 9.03. The Balaban J connectivity index is 1.26. The molecule has 0 aliphatic carbocycles. The quantitative estimate of drug-likeness (QED) is 0.408. The molecule has 3 heterocycles. The highest BCUT2D eigenvalue weighted by atomic mass is 16.6. The van der Waals surface area contributed by atoms with Crippen molar-refractivity contribution in [2.24, 2.45) is 0 Å². The maximum Gasteiger partial charge on any atom is 0.416 e. The number of fused-ring (bicyclic) bond motifs is 1. The molecule has 1 N–H and O–H groups in total. The summed E-state index contributed by atoms with van der Waals surface area (Å²) in [6, 6.07) is 17.3. The minimum absolute atomic E-state index is 0.0593. The van der Waals surface area contributed by atoms with Crippen LogP contribution >= 0.6 is 0 Å². The molecule has 9 nitrogen and oxygen atoms in total. The van der Waals surface area contributed by atoms with Gasteiger partial charge < -0.3 is 24.4 Å². The average molecular weight is 525 g/mol. The Morgan fingerprint density at radius 2 is 1.77 bits per heavy atom. The monoisotopic (exact) mass is 524 g/mol. The third-order valence-electron chi connectivity index (χ3n) is 6.72. The Morgan fingerprint density at radius 3 is 2.49 bits per heavy atom. The third-order valence-corrected chi connectivity index (χ3v) is 6.72. The number of carbonyl (C=O) groups is 3. The van der Waals surface area contributed by atoms with Crippen molar-refractivity contribution in [3.05, 3.63) is 102 Å². The lowest BCUT2D eigenvalue weighted by Gasteiger charge is -2.28. The molecule has 3 aromatic rings. The number of anilines is 1. The first kappa shape index (κ1) is 25.7. The zero-order valence-electron chi connectivity index (χ0n) is 21.6. The van der Waals surface area contributed by atoms with E-state index in [1.165, 1.54) is 11.0 Å². The summed E-state index contributed by atoms with van der Waals surface area (Å²) in [5, 5.41) is 6.53. The molecule has 9 heteroatoms. The van der Waals surface area contributed by atoms with Gasteiger partial charge in [-0.2, -0.15) is 0 Å². The lowest BCUT2D eigenvalue weighted by molar-refractivity contribution is -0.137. The summed E-state index contributed by atoms with van der Waals surface area (Å²) < 4.78 is 10.6. The van der Waals surface area contributed by atoms with Crippen molar-refractivity contribution in [3.63, 3.8) is 0 Å². The molecule has 39 heavy (non-hydrogen) atoms. The van der Waals surface area contributed by atoms with E-state index in [-0.39, 0.29) is 11.8 Å². The van der Waals surface area contributed by atoms with Crippen LogP contribution in [0.4, 0.5) is 10.5 Å². The van der Waals surface area contributed by atoms with Gasteiger partial charge in [-0.3, -0.25) is 9.59 Å². The van der Waals surface area contributed by atoms with Crippen molar-refractivity contribution in [1.82, 2.24) is 15.0 Å². The van der Waals surface area contributed by atoms with Gasteiger partial charge in [0.1, 0.15) is 6.04 Å². The third kappa shape index (κ3) is 5.38. The first-order valence-electron chi connectivity index (χ1n) is 12.8. The van der Waals surface area contributed by atoms with Crippen LogP contribution in [-0.4, -0.2) is 51.9 Å². The van der Waals surface area contributed by atoms with E-state index >= 15 is 0 Å². The molecule has 0 spiro atoms. The lowest BCUT2D eigenvalue weighted by Crippen LogP contribution is -2.43. The highest BCUT2D eigenvalue weighted by Gasteiger charge is 2.41. The molecule has 5 rings (SSSR count). The Kier molecular flexibility index (Phi) is 7.40. The number of benzene rings is 2. The van der Waals surface area contributed by atoms with Crippen LogP contribution < -0.4 is 10.1 Å². The van der Waals surface area contributed by atoms with E-state index in [4.69, 9.17) is 9.26 Å². The van der Waals surface area contributed by atoms with Gasteiger partial charge in [0.2, 0.25) is 5.78 Å². The smallest absolute Gasteiger partial charge is 0.388 e. The van der Waals surface area contributed by atoms with E-state index in [1.54, 1.807) is 24.3 Å². The number of ether oxygens (including phenoxy) is 1. The fraction of sp³-hybridized carbons (Fsp3) is 0.200. The summed E-state index contributed by atoms with van der Waals surface area (Å²) in [5.74, 6) is -1.04. The topological polar surface area (TPSA) is 105 Å². The fourth-order valence-electron chi connectivity index (χ4n) is 4.68. The number of carbonyl (C=O) groups excluding carboxylic acids is 3. The van der Waals surface area contributed by atoms with Gasteiger partial charge in [0.05, 0.1) is 6.07 Å². The number of hydrogen-bond acceptors (Lipinski definition) is 7. The molecule has 198 valence electrons. The first-order chi connectivity index (χ1) is 19.0. The Hall–Kier alpha value is -4.92. The predicted molar refractivity (Wildman–Crippen MR) is 146 cm³/mol. The van der Waals surface area contributed by atoms with Gasteiger partial charge in [0, 0.05) is 42.2 Å². The molecule has 0 radical (unpaired) electrons. The standard InChI is InChI=1S/C30H28N4O5/c1-3-33(4-2)30(37)38-26-19-25(39-32-26)21-13-15-22(16-14-21)31-29(36)28(35)27-24(20-10-6-5-7-11-20)18-23-12-8-9-17-34(23)27/h5-19,24,27H,3-4H2,1-2H3,(H,31,36). The molecule has 1 aromatic heterocycles. The van der Waals surface area contributed by atoms with Crippen LogP contribution in [0, 0.1) is 0 Å². The molecule has 0 fully saturated rings. The SMILES string of the molecule is CCN(CC)C(=O)Oc1cc(-c2ccc(NC(=O)C(=O)C3C(c4ccccc4)C=C4C=CC=CN43)cc2)on1. The zero-order valence-corrected chi connectivity index (χ0v) is 21.6. The number of nitrogens with zero attached hydrogens (tertiary/aromatic N) is 3. The highest BCUT2D eigenvalue weighted by molar-refractivity contribution is 6.42. The van der Waals surface area contributed by atoms with Gasteiger partial charge in [0.15, 0.2) is 5.76 Å². The fourth-order valence-corrected chi connectivity index (χ4v) is 4.68. The molecule has 2 unspecified atom stereocenters. The van der Waals surface area contributed by atoms with Crippen LogP contribution in [0.1, 0.15) is 25.3 Å². The van der Waals surface area contributed by atoms with Crippen molar-refractivity contribution in [3.8, 4) is 17.2 Å². The predicted octanol–water partition coefficient (Wildman–Crippen LogP) is 5.13. The second kappa shape index (κ2) is 11.2. The molecular formula is C30H28N4O5. The Bertz CT molecular complexity index is 1450. The number of nitrogens with one attached hydrogen (secondary N) is 1. The zero-order chi connectivity index (χ0) is 27.4. The van der Waals surface area contributed by atoms with Crippen molar-refractivity contribution in [2.45, 2.75) is 25.8 Å². The Morgan fingerprint density at radius 1 is 1.03 bits per heavy atom. The molecule has 2 atom stereocenters. The molecule has 0 saturated heterocycles. The molecule has 2 aliphatic heterocycles. The second-order valence-corrected chi connectivity index (χ2v) is 9.05. The molecule has 0 saturated carbocycles. The molecule has 2 amide bonds. The van der Waals surface area contributed by atoms with Crippen molar-refractivity contribution >= 4 is 23.5 Å². The maximum absolute atomic E-state index is 13.4. The van der Waals surface area contributed by atoms with Crippen LogP contribution in [0.5, 0.6) is 5.88 Å². The number of allylic oxidation sites excluding steroid dienone is 3. The number of hydrogen-bond donors (Lipinski definition) is 1. The van der Waals surface area contributed by atoms with Crippen molar-refractivity contribution < 1.29 is 23.6 Å². The summed E-state index contributed by atoms with van der Waals surface area (Å²) >= 11 is 0. The molecule has 0 bridgehead atoms. The normalized spacial score (nSPS) is 17.4. The van der Waals surface area contributed by atoms with Gasteiger partial charge in [-0.25, -0.2) is 4.79 Å². The van der Waals surface area contributed by atoms with E-state index in [2.05, 4.69) is 10.5 Å². The van der Waals surface area contributed by atoms with Gasteiger partial charge in [0.25, 0.3) is 11.8 Å². The van der Waals surface area contributed by atoms with Crippen LogP contribution in [0.2, 0.25) is 0 Å². The summed E-state index contributed by atoms with van der Waals surface area (Å²) in [6.45, 7) is 4.76. The first-order valence-corrected chi connectivity index (χ1v) is 12.8. The minimum atomic E-state index is -0.698. The van der Waals surface area contributed by atoms with E-state index < -0.39 is 23.8 Å². The summed E-state index contributed by atoms with van der Waals surface area (Å²) in [4.78, 5) is 42.0. The molecule has 2 aliphatic rings. The van der Waals surface area contributed by atoms with E-state index in [1.807, 2.05) is 79.6 Å². The van der Waals surface area contributed by atoms with E-state index in [0.29, 0.717) is 30.1 Å². The van der Waals surface area contributed by atoms with Gasteiger partial charge in [-0.15, -0.1) is 0 Å². The van der Waals surface area contributed by atoms with E-state index in [9.17, 15) is 14.4 Å². The van der Waals surface area contributed by atoms with E-state index in [0.717, 1.165) is 11.3 Å². The number of rotatable bonds is 8. The summed E-state index contributed by atoms with van der Waals surface area (Å²) in [5.41, 5.74) is 2.97. The number of Topliss-reactive ketones (excluding diaryl/α,β-unsaturated/α-hetero) is 1. The second-order valence-electron chi connectivity index (χ2n) is 9.05. The molecule has 2 aromatic carbocycles. The van der Waals surface area contributed by atoms with Crippen LogP contribution in [0.15, 0.2) is 101 Å². The average Bonchev–Trinajstić information content (AvgIpc) is 3.59. The lowest BCUT2D eigenvalue weighted by atomic mass is 9.90. The number of ketones is 1. The molecular weight excluding hydrogens is 496 g/mol. The maximum atomic E-state index is 13.4. The van der Waals surface area contributed by atoms with Crippen LogP contribution in [-0.2, 0) is 9.59 Å². The van der Waals surface area contributed by atoms with Gasteiger partial charge >= 0.3 is 6.09 Å². The van der Waals surface area contributed by atoms with Crippen LogP contribution in [0.3, 0.4) is 0 Å². The van der Waals surface area contributed by atoms with Gasteiger partial charge in [-0.05, 0) is 61.0 Å². The summed E-state index contributed by atoms with van der Waals surface area (Å²) in [7, 11) is 0. The van der Waals surface area contributed by atoms with Gasteiger partial charge in [-0.1, -0.05) is 42.5 Å². The number of aromatic nitrogens is 1.